The van der Waals surface area contributed by atoms with Gasteiger partial charge in [-0.1, -0.05) is 13.8 Å². The molecule has 4 heteroatoms. The summed E-state index contributed by atoms with van der Waals surface area (Å²) < 4.78 is 16.3. The molecule has 1 heterocycles. The van der Waals surface area contributed by atoms with E-state index in [4.69, 9.17) is 14.2 Å². The Morgan fingerprint density at radius 2 is 1.88 bits per heavy atom. The van der Waals surface area contributed by atoms with Crippen LogP contribution in [-0.4, -0.2) is 31.6 Å². The van der Waals surface area contributed by atoms with Crippen LogP contribution in [0.4, 0.5) is 0 Å². The van der Waals surface area contributed by atoms with Gasteiger partial charge in [0.15, 0.2) is 5.79 Å². The topological polar surface area (TPSA) is 44.8 Å². The van der Waals surface area contributed by atoms with E-state index in [0.717, 1.165) is 0 Å². The molecule has 4 atom stereocenters. The van der Waals surface area contributed by atoms with E-state index in [1.165, 1.54) is 7.11 Å². The molecule has 0 aromatic heterocycles. The molecule has 1 saturated heterocycles. The molecular weight excluding hydrogens is 208 g/mol. The third kappa shape index (κ3) is 1.39. The van der Waals surface area contributed by atoms with E-state index < -0.39 is 11.2 Å². The Morgan fingerprint density at radius 1 is 1.31 bits per heavy atom. The number of carbonyl (C=O) groups excluding carboxylic acids is 1. The van der Waals surface area contributed by atoms with Gasteiger partial charge in [-0.2, -0.15) is 0 Å². The second-order valence-corrected chi connectivity index (χ2v) is 5.32. The minimum absolute atomic E-state index is 0.168. The predicted octanol–water partition coefficient (Wildman–Crippen LogP) is 1.58. The van der Waals surface area contributed by atoms with Crippen molar-refractivity contribution in [3.63, 3.8) is 0 Å². The second kappa shape index (κ2) is 3.44. The summed E-state index contributed by atoms with van der Waals surface area (Å²) in [6.07, 6.45) is -0.181. The Labute approximate surface area is 96.2 Å². The minimum Gasteiger partial charge on any atom is -0.468 e. The lowest BCUT2D eigenvalue weighted by molar-refractivity contribution is -0.167. The smallest absolute Gasteiger partial charge is 0.315 e. The van der Waals surface area contributed by atoms with Crippen LogP contribution in [0.1, 0.15) is 27.7 Å². The maximum absolute atomic E-state index is 12.0. The molecule has 0 bridgehead atoms. The number of rotatable bonds is 2. The summed E-state index contributed by atoms with van der Waals surface area (Å²) in [5.41, 5.74) is -0.497. The van der Waals surface area contributed by atoms with Crippen molar-refractivity contribution in [3.05, 3.63) is 0 Å². The number of carbonyl (C=O) groups is 1. The zero-order valence-electron chi connectivity index (χ0n) is 10.6. The SMILES string of the molecule is COC(=O)[C@@]1([C@@H]2COC(C)(C)O2)C(C)[C@H]1C. The summed E-state index contributed by atoms with van der Waals surface area (Å²) in [7, 11) is 1.43. The summed E-state index contributed by atoms with van der Waals surface area (Å²) in [4.78, 5) is 12.0. The quantitative estimate of drug-likeness (QED) is 0.673. The first-order chi connectivity index (χ1) is 7.36. The zero-order chi connectivity index (χ0) is 12.1. The largest absolute Gasteiger partial charge is 0.468 e. The number of esters is 1. The molecule has 0 N–H and O–H groups in total. The van der Waals surface area contributed by atoms with E-state index in [1.54, 1.807) is 0 Å². The van der Waals surface area contributed by atoms with Gasteiger partial charge in [0.05, 0.1) is 13.7 Å². The fraction of sp³-hybridized carbons (Fsp3) is 0.917. The first-order valence-corrected chi connectivity index (χ1v) is 5.76. The van der Waals surface area contributed by atoms with Crippen LogP contribution in [0.25, 0.3) is 0 Å². The highest BCUT2D eigenvalue weighted by molar-refractivity contribution is 5.82. The van der Waals surface area contributed by atoms with E-state index in [-0.39, 0.29) is 12.1 Å². The predicted molar refractivity (Wildman–Crippen MR) is 57.7 cm³/mol. The van der Waals surface area contributed by atoms with Gasteiger partial charge in [0.2, 0.25) is 0 Å². The molecule has 2 fully saturated rings. The van der Waals surface area contributed by atoms with Gasteiger partial charge in [-0.15, -0.1) is 0 Å². The van der Waals surface area contributed by atoms with Crippen LogP contribution in [0.15, 0.2) is 0 Å². The maximum Gasteiger partial charge on any atom is 0.315 e. The summed E-state index contributed by atoms with van der Waals surface area (Å²) in [5.74, 6) is -0.169. The van der Waals surface area contributed by atoms with Crippen molar-refractivity contribution in [1.29, 1.82) is 0 Å². The highest BCUT2D eigenvalue weighted by Crippen LogP contribution is 2.63. The molecule has 0 amide bonds. The molecule has 92 valence electrons. The standard InChI is InChI=1S/C12H20O4/c1-7-8(2)12(7,10(13)14-5)9-6-15-11(3,4)16-9/h7-9H,6H2,1-5H3/t7-,8?,9+,12-/m1/s1. The second-order valence-electron chi connectivity index (χ2n) is 5.32. The normalized spacial score (nSPS) is 45.4. The van der Waals surface area contributed by atoms with Crippen molar-refractivity contribution in [2.24, 2.45) is 17.3 Å². The Morgan fingerprint density at radius 3 is 2.19 bits per heavy atom. The van der Waals surface area contributed by atoms with Crippen molar-refractivity contribution in [3.8, 4) is 0 Å². The molecule has 0 spiro atoms. The van der Waals surface area contributed by atoms with Gasteiger partial charge >= 0.3 is 5.97 Å². The highest BCUT2D eigenvalue weighted by Gasteiger charge is 2.71. The van der Waals surface area contributed by atoms with E-state index in [2.05, 4.69) is 13.8 Å². The molecule has 1 unspecified atom stereocenters. The summed E-state index contributed by atoms with van der Waals surface area (Å²) in [6.45, 7) is 8.34. The van der Waals surface area contributed by atoms with Crippen LogP contribution in [0.5, 0.6) is 0 Å². The number of hydrogen-bond donors (Lipinski definition) is 0. The van der Waals surface area contributed by atoms with Crippen LogP contribution < -0.4 is 0 Å². The first-order valence-electron chi connectivity index (χ1n) is 5.76. The average molecular weight is 228 g/mol. The summed E-state index contributed by atoms with van der Waals surface area (Å²) in [5, 5.41) is 0. The monoisotopic (exact) mass is 228 g/mol. The lowest BCUT2D eigenvalue weighted by atomic mass is 9.95. The highest BCUT2D eigenvalue weighted by atomic mass is 16.7. The Balaban J connectivity index is 2.21. The summed E-state index contributed by atoms with van der Waals surface area (Å²) >= 11 is 0. The van der Waals surface area contributed by atoms with Crippen LogP contribution in [-0.2, 0) is 19.0 Å². The van der Waals surface area contributed by atoms with Gasteiger partial charge in [0, 0.05) is 0 Å². The Hall–Kier alpha value is -0.610. The maximum atomic E-state index is 12.0. The van der Waals surface area contributed by atoms with E-state index >= 15 is 0 Å². The lowest BCUT2D eigenvalue weighted by Gasteiger charge is -2.23. The van der Waals surface area contributed by atoms with Crippen LogP contribution >= 0.6 is 0 Å². The van der Waals surface area contributed by atoms with Crippen molar-refractivity contribution in [2.45, 2.75) is 39.6 Å². The van der Waals surface area contributed by atoms with Gasteiger partial charge in [-0.05, 0) is 25.7 Å². The van der Waals surface area contributed by atoms with E-state index in [0.29, 0.717) is 18.4 Å². The molecular formula is C12H20O4. The molecule has 0 aromatic rings. The number of methoxy groups -OCH3 is 1. The lowest BCUT2D eigenvalue weighted by Crippen LogP contribution is -2.37. The molecule has 2 rings (SSSR count). The third-order valence-corrected chi connectivity index (χ3v) is 4.23. The van der Waals surface area contributed by atoms with Gasteiger partial charge in [0.25, 0.3) is 0 Å². The number of hydrogen-bond acceptors (Lipinski definition) is 4. The van der Waals surface area contributed by atoms with E-state index in [1.807, 2.05) is 13.8 Å². The van der Waals surface area contributed by atoms with Crippen molar-refractivity contribution >= 4 is 5.97 Å². The van der Waals surface area contributed by atoms with Crippen LogP contribution in [0.3, 0.4) is 0 Å². The van der Waals surface area contributed by atoms with Gasteiger partial charge in [0.1, 0.15) is 11.5 Å². The van der Waals surface area contributed by atoms with Gasteiger partial charge in [-0.3, -0.25) is 4.79 Å². The van der Waals surface area contributed by atoms with Crippen molar-refractivity contribution < 1.29 is 19.0 Å². The van der Waals surface area contributed by atoms with Gasteiger partial charge < -0.3 is 14.2 Å². The molecule has 1 aliphatic heterocycles. The minimum atomic E-state index is -0.590. The Bertz CT molecular complexity index is 302. The molecule has 0 aromatic carbocycles. The Kier molecular flexibility index (Phi) is 2.55. The van der Waals surface area contributed by atoms with Gasteiger partial charge in [-0.25, -0.2) is 0 Å². The van der Waals surface area contributed by atoms with Crippen molar-refractivity contribution in [2.75, 3.05) is 13.7 Å². The molecule has 2 aliphatic rings. The van der Waals surface area contributed by atoms with Crippen LogP contribution in [0.2, 0.25) is 0 Å². The zero-order valence-corrected chi connectivity index (χ0v) is 10.6. The average Bonchev–Trinajstić information content (AvgIpc) is 2.58. The molecule has 4 nitrogen and oxygen atoms in total. The fourth-order valence-electron chi connectivity index (χ4n) is 3.00. The third-order valence-electron chi connectivity index (χ3n) is 4.23. The summed E-state index contributed by atoms with van der Waals surface area (Å²) in [6, 6.07) is 0. The fourth-order valence-corrected chi connectivity index (χ4v) is 3.00. The molecule has 1 aliphatic carbocycles. The van der Waals surface area contributed by atoms with Crippen LogP contribution in [0, 0.1) is 17.3 Å². The molecule has 16 heavy (non-hydrogen) atoms. The first kappa shape index (κ1) is 11.9. The molecule has 0 radical (unpaired) electrons. The molecule has 1 saturated carbocycles. The van der Waals surface area contributed by atoms with E-state index in [9.17, 15) is 4.79 Å². The number of ether oxygens (including phenoxy) is 3. The van der Waals surface area contributed by atoms with Crippen molar-refractivity contribution in [1.82, 2.24) is 0 Å².